The molecule has 3 N–H and O–H groups in total. The average molecular weight is 444 g/mol. The first-order valence-electron chi connectivity index (χ1n) is 8.59. The number of carbonyl (C=O) groups excluding carboxylic acids is 1. The minimum Gasteiger partial charge on any atom is -0.548 e. The van der Waals surface area contributed by atoms with Gasteiger partial charge in [-0.1, -0.05) is 30.1 Å². The number of ether oxygens (including phenoxy) is 2. The Morgan fingerprint density at radius 1 is 1.07 bits per heavy atom. The van der Waals surface area contributed by atoms with Gasteiger partial charge in [0, 0.05) is 0 Å². The first kappa shape index (κ1) is 28.7. The summed E-state index contributed by atoms with van der Waals surface area (Å²) in [7, 11) is 0. The van der Waals surface area contributed by atoms with Gasteiger partial charge in [-0.2, -0.15) is 0 Å². The smallest absolute Gasteiger partial charge is 0.548 e. The number of allylic oxidation sites excluding steroid dienone is 4. The Morgan fingerprint density at radius 2 is 1.73 bits per heavy atom. The summed E-state index contributed by atoms with van der Waals surface area (Å²) in [6, 6.07) is 5.43. The van der Waals surface area contributed by atoms with Crippen molar-refractivity contribution >= 4 is 5.97 Å². The van der Waals surface area contributed by atoms with Crippen LogP contribution < -0.4 is 61.2 Å². The number of carbonyl (C=O) groups is 1. The van der Waals surface area contributed by atoms with Gasteiger partial charge in [0.15, 0.2) is 0 Å². The predicted octanol–water partition coefficient (Wildman–Crippen LogP) is -3.27. The Labute approximate surface area is 216 Å². The fourth-order valence-corrected chi connectivity index (χ4v) is 1.79. The standard InChI is InChI=1S/C21H23FO7.K/c22-16-9-11-18(12-10-16)29-13-17(23)7-5-3-1-2-4-6-8-19(24)20(25)14-28-15-21(26)27;/h2,4-12,17,19-20,23-25H,13-15H2,(H,26,27);/q;+1/p-1/b4-2+,7-5+,8-6+;/t17-,19-,20+;/m1./s1. The van der Waals surface area contributed by atoms with Gasteiger partial charge in [-0.05, 0) is 42.5 Å². The predicted molar refractivity (Wildman–Crippen MR) is 101 cm³/mol. The number of hydrogen-bond acceptors (Lipinski definition) is 7. The second-order valence-electron chi connectivity index (χ2n) is 5.67. The van der Waals surface area contributed by atoms with Crippen LogP contribution in [0.25, 0.3) is 0 Å². The van der Waals surface area contributed by atoms with Crippen molar-refractivity contribution in [1.29, 1.82) is 0 Å². The van der Waals surface area contributed by atoms with E-state index in [0.717, 1.165) is 0 Å². The quantitative estimate of drug-likeness (QED) is 0.186. The number of halogens is 1. The van der Waals surface area contributed by atoms with E-state index in [0.29, 0.717) is 5.75 Å². The molecular formula is C21H22FKO7. The van der Waals surface area contributed by atoms with Crippen molar-refractivity contribution in [3.8, 4) is 17.6 Å². The Balaban J connectivity index is 0.00000841. The number of carboxylic acids is 1. The molecule has 156 valence electrons. The van der Waals surface area contributed by atoms with Gasteiger partial charge in [0.1, 0.15) is 36.5 Å². The molecule has 0 unspecified atom stereocenters. The summed E-state index contributed by atoms with van der Waals surface area (Å²) in [5.41, 5.74) is 0. The van der Waals surface area contributed by atoms with E-state index in [1.54, 1.807) is 0 Å². The Bertz CT molecular complexity index is 766. The van der Waals surface area contributed by atoms with E-state index >= 15 is 0 Å². The van der Waals surface area contributed by atoms with Gasteiger partial charge < -0.3 is 34.7 Å². The first-order chi connectivity index (χ1) is 13.9. The van der Waals surface area contributed by atoms with Crippen LogP contribution in [0.1, 0.15) is 0 Å². The zero-order chi connectivity index (χ0) is 21.5. The van der Waals surface area contributed by atoms with Crippen LogP contribution in [0.3, 0.4) is 0 Å². The van der Waals surface area contributed by atoms with Crippen LogP contribution >= 0.6 is 0 Å². The van der Waals surface area contributed by atoms with Crippen LogP contribution in [0.15, 0.2) is 60.7 Å². The summed E-state index contributed by atoms with van der Waals surface area (Å²) in [6.07, 6.45) is 5.24. The monoisotopic (exact) mass is 444 g/mol. The molecular weight excluding hydrogens is 422 g/mol. The molecule has 0 amide bonds. The van der Waals surface area contributed by atoms with Gasteiger partial charge in [-0.15, -0.1) is 0 Å². The summed E-state index contributed by atoms with van der Waals surface area (Å²) < 4.78 is 22.7. The maximum Gasteiger partial charge on any atom is 1.00 e. The van der Waals surface area contributed by atoms with Crippen LogP contribution in [0.5, 0.6) is 5.75 Å². The fourth-order valence-electron chi connectivity index (χ4n) is 1.79. The van der Waals surface area contributed by atoms with Gasteiger partial charge in [0.25, 0.3) is 0 Å². The van der Waals surface area contributed by atoms with E-state index in [-0.39, 0.29) is 70.4 Å². The van der Waals surface area contributed by atoms with Crippen LogP contribution in [-0.2, 0) is 9.53 Å². The number of aliphatic hydroxyl groups is 3. The maximum atomic E-state index is 12.8. The summed E-state index contributed by atoms with van der Waals surface area (Å²) in [4.78, 5) is 10.2. The molecule has 7 nitrogen and oxygen atoms in total. The molecule has 0 fully saturated rings. The van der Waals surface area contributed by atoms with Gasteiger partial charge in [0.2, 0.25) is 0 Å². The molecule has 30 heavy (non-hydrogen) atoms. The van der Waals surface area contributed by atoms with Crippen LogP contribution in [0, 0.1) is 17.7 Å². The van der Waals surface area contributed by atoms with E-state index in [4.69, 9.17) is 4.74 Å². The summed E-state index contributed by atoms with van der Waals surface area (Å²) >= 11 is 0. The van der Waals surface area contributed by atoms with Crippen molar-refractivity contribution in [3.05, 3.63) is 66.5 Å². The van der Waals surface area contributed by atoms with Gasteiger partial charge >= 0.3 is 51.4 Å². The van der Waals surface area contributed by atoms with Crippen molar-refractivity contribution < 1.29 is 90.5 Å². The van der Waals surface area contributed by atoms with Crippen LogP contribution in [0.2, 0.25) is 0 Å². The van der Waals surface area contributed by atoms with Gasteiger partial charge in [0.05, 0.1) is 19.2 Å². The van der Waals surface area contributed by atoms with E-state index < -0.39 is 30.9 Å². The largest absolute Gasteiger partial charge is 1.00 e. The third-order valence-corrected chi connectivity index (χ3v) is 3.22. The molecule has 9 heteroatoms. The number of aliphatic carboxylic acids is 1. The minimum atomic E-state index is -1.41. The number of benzene rings is 1. The average Bonchev–Trinajstić information content (AvgIpc) is 2.69. The maximum absolute atomic E-state index is 12.8. The first-order valence-corrected chi connectivity index (χ1v) is 8.59. The van der Waals surface area contributed by atoms with E-state index in [1.165, 1.54) is 60.7 Å². The summed E-state index contributed by atoms with van der Waals surface area (Å²) in [6.45, 7) is -1.01. The molecule has 0 radical (unpaired) electrons. The third-order valence-electron chi connectivity index (χ3n) is 3.22. The molecule has 3 atom stereocenters. The molecule has 0 heterocycles. The second-order valence-corrected chi connectivity index (χ2v) is 5.67. The minimum absolute atomic E-state index is 0. The normalized spacial score (nSPS) is 14.1. The van der Waals surface area contributed by atoms with Crippen molar-refractivity contribution in [1.82, 2.24) is 0 Å². The fraction of sp³-hybridized carbons (Fsp3) is 0.286. The van der Waals surface area contributed by atoms with Gasteiger partial charge in [-0.25, -0.2) is 4.39 Å². The molecule has 0 saturated carbocycles. The molecule has 0 bridgehead atoms. The molecule has 1 aromatic carbocycles. The Hall–Kier alpha value is -1.32. The molecule has 0 saturated heterocycles. The van der Waals surface area contributed by atoms with Crippen molar-refractivity contribution in [2.24, 2.45) is 0 Å². The number of carboxylic acid groups (broad SMARTS) is 1. The van der Waals surface area contributed by atoms with Crippen molar-refractivity contribution in [2.45, 2.75) is 18.3 Å². The number of rotatable bonds is 11. The molecule has 0 spiro atoms. The molecule has 0 aromatic heterocycles. The SMILES string of the molecule is O=C([O-])COC[C@H](O)[C@H](O)/C=C/C=C/C#C/C=C/[C@@H](O)COc1ccc(F)cc1.[K+]. The Morgan fingerprint density at radius 3 is 2.40 bits per heavy atom. The number of hydrogen-bond donors (Lipinski definition) is 3. The molecule has 0 aliphatic carbocycles. The van der Waals surface area contributed by atoms with Crippen molar-refractivity contribution in [2.75, 3.05) is 19.8 Å². The van der Waals surface area contributed by atoms with E-state index in [9.17, 15) is 29.6 Å². The molecule has 0 aliphatic rings. The third kappa shape index (κ3) is 14.6. The van der Waals surface area contributed by atoms with Crippen LogP contribution in [-0.4, -0.2) is 59.4 Å². The molecule has 1 rings (SSSR count). The van der Waals surface area contributed by atoms with E-state index in [1.807, 2.05) is 0 Å². The molecule has 1 aromatic rings. The van der Waals surface area contributed by atoms with Crippen LogP contribution in [0.4, 0.5) is 4.39 Å². The number of aliphatic hydroxyl groups excluding tert-OH is 3. The Kier molecular flexibility index (Phi) is 16.6. The zero-order valence-electron chi connectivity index (χ0n) is 16.5. The summed E-state index contributed by atoms with van der Waals surface area (Å²) in [5, 5.41) is 39.0. The van der Waals surface area contributed by atoms with Gasteiger partial charge in [-0.3, -0.25) is 0 Å². The summed E-state index contributed by atoms with van der Waals surface area (Å²) in [5.74, 6) is 3.99. The van der Waals surface area contributed by atoms with E-state index in [2.05, 4.69) is 16.6 Å². The topological polar surface area (TPSA) is 119 Å². The zero-order valence-corrected chi connectivity index (χ0v) is 19.6. The molecule has 0 aliphatic heterocycles. The van der Waals surface area contributed by atoms with Crippen molar-refractivity contribution in [3.63, 3.8) is 0 Å². The second kappa shape index (κ2) is 17.4.